The van der Waals surface area contributed by atoms with Crippen LogP contribution in [0.1, 0.15) is 39.2 Å². The molecule has 0 saturated heterocycles. The number of anilines is 1. The number of hydrogen-bond donors (Lipinski definition) is 2. The Balaban J connectivity index is 1.97. The summed E-state index contributed by atoms with van der Waals surface area (Å²) in [5, 5.41) is 12.2. The highest BCUT2D eigenvalue weighted by Gasteiger charge is 2.19. The van der Waals surface area contributed by atoms with Gasteiger partial charge in [-0.05, 0) is 42.7 Å². The van der Waals surface area contributed by atoms with Gasteiger partial charge in [-0.1, -0.05) is 44.9 Å². The summed E-state index contributed by atoms with van der Waals surface area (Å²) in [6.07, 6.45) is 1.40. The first kappa shape index (κ1) is 28.0. The Bertz CT molecular complexity index is 914. The average Bonchev–Trinajstić information content (AvgIpc) is 2.86. The molecule has 35 heavy (non-hydrogen) atoms. The van der Waals surface area contributed by atoms with E-state index in [-0.39, 0.29) is 12.5 Å². The van der Waals surface area contributed by atoms with Crippen molar-refractivity contribution in [1.29, 1.82) is 0 Å². The summed E-state index contributed by atoms with van der Waals surface area (Å²) in [6, 6.07) is 14.4. The van der Waals surface area contributed by atoms with Crippen LogP contribution in [-0.4, -0.2) is 61.5 Å². The second-order valence-corrected chi connectivity index (χ2v) is 8.27. The standard InChI is InChI=1S/C27H38N2O6/c1-5-20(6-2)19-29(27(32)28-22-9-8-10-24(18-22)33-4)15-16-35-23-13-11-21(12-14-23)17-25(26(30)31)34-7-3/h8-14,18,20,25H,5-7,15-17,19H2,1-4H3,(H,28,32)(H,30,31). The molecule has 0 heterocycles. The van der Waals surface area contributed by atoms with Gasteiger partial charge in [-0.15, -0.1) is 0 Å². The lowest BCUT2D eigenvalue weighted by Gasteiger charge is -2.27. The van der Waals surface area contributed by atoms with Gasteiger partial charge in [-0.2, -0.15) is 0 Å². The second kappa shape index (κ2) is 14.9. The van der Waals surface area contributed by atoms with Crippen LogP contribution in [0.5, 0.6) is 11.5 Å². The van der Waals surface area contributed by atoms with E-state index < -0.39 is 12.1 Å². The summed E-state index contributed by atoms with van der Waals surface area (Å²) in [5.41, 5.74) is 1.53. The molecular formula is C27H38N2O6. The van der Waals surface area contributed by atoms with Crippen molar-refractivity contribution < 1.29 is 28.9 Å². The molecule has 8 nitrogen and oxygen atoms in total. The quantitative estimate of drug-likeness (QED) is 0.365. The minimum atomic E-state index is -0.975. The Hall–Kier alpha value is -3.26. The van der Waals surface area contributed by atoms with Crippen molar-refractivity contribution in [3.05, 3.63) is 54.1 Å². The molecule has 0 fully saturated rings. The minimum absolute atomic E-state index is 0.181. The number of rotatable bonds is 15. The molecule has 1 unspecified atom stereocenters. The first-order chi connectivity index (χ1) is 16.9. The number of benzene rings is 2. The van der Waals surface area contributed by atoms with Crippen molar-refractivity contribution >= 4 is 17.7 Å². The number of amides is 2. The minimum Gasteiger partial charge on any atom is -0.497 e. The Morgan fingerprint density at radius 2 is 1.74 bits per heavy atom. The zero-order valence-corrected chi connectivity index (χ0v) is 21.2. The summed E-state index contributed by atoms with van der Waals surface area (Å²) in [7, 11) is 1.59. The van der Waals surface area contributed by atoms with Gasteiger partial charge in [0, 0.05) is 31.3 Å². The monoisotopic (exact) mass is 486 g/mol. The molecule has 0 aliphatic heterocycles. The number of hydrogen-bond acceptors (Lipinski definition) is 5. The maximum atomic E-state index is 13.0. The second-order valence-electron chi connectivity index (χ2n) is 8.27. The van der Waals surface area contributed by atoms with E-state index in [4.69, 9.17) is 14.2 Å². The highest BCUT2D eigenvalue weighted by Crippen LogP contribution is 2.19. The first-order valence-electron chi connectivity index (χ1n) is 12.2. The third kappa shape index (κ3) is 9.48. The molecule has 2 aromatic rings. The fourth-order valence-corrected chi connectivity index (χ4v) is 3.67. The highest BCUT2D eigenvalue weighted by molar-refractivity contribution is 5.89. The molecule has 0 bridgehead atoms. The normalized spacial score (nSPS) is 11.7. The number of nitrogens with one attached hydrogen (secondary N) is 1. The van der Waals surface area contributed by atoms with E-state index in [9.17, 15) is 14.7 Å². The molecule has 0 radical (unpaired) electrons. The van der Waals surface area contributed by atoms with Crippen LogP contribution in [0.15, 0.2) is 48.5 Å². The van der Waals surface area contributed by atoms with Crippen LogP contribution in [0, 0.1) is 5.92 Å². The number of carboxylic acid groups (broad SMARTS) is 1. The largest absolute Gasteiger partial charge is 0.497 e. The van der Waals surface area contributed by atoms with Gasteiger partial charge in [0.05, 0.1) is 13.7 Å². The summed E-state index contributed by atoms with van der Waals surface area (Å²) < 4.78 is 16.4. The van der Waals surface area contributed by atoms with E-state index in [1.807, 2.05) is 42.5 Å². The number of carbonyl (C=O) groups excluding carboxylic acids is 1. The summed E-state index contributed by atoms with van der Waals surface area (Å²) >= 11 is 0. The van der Waals surface area contributed by atoms with Gasteiger partial charge < -0.3 is 29.5 Å². The predicted octanol–water partition coefficient (Wildman–Crippen LogP) is 5.08. The molecule has 0 aliphatic rings. The van der Waals surface area contributed by atoms with E-state index in [0.717, 1.165) is 18.4 Å². The van der Waals surface area contributed by atoms with Crippen LogP contribution < -0.4 is 14.8 Å². The molecule has 2 aromatic carbocycles. The lowest BCUT2D eigenvalue weighted by molar-refractivity contribution is -0.149. The van der Waals surface area contributed by atoms with Gasteiger partial charge in [0.25, 0.3) is 0 Å². The number of urea groups is 1. The summed E-state index contributed by atoms with van der Waals surface area (Å²) in [6.45, 7) is 7.78. The van der Waals surface area contributed by atoms with Crippen LogP contribution in [0.3, 0.4) is 0 Å². The maximum Gasteiger partial charge on any atom is 0.333 e. The number of aliphatic carboxylic acids is 1. The van der Waals surface area contributed by atoms with Gasteiger partial charge >= 0.3 is 12.0 Å². The maximum absolute atomic E-state index is 13.0. The zero-order chi connectivity index (χ0) is 25.6. The SMILES string of the molecule is CCOC(Cc1ccc(OCCN(CC(CC)CC)C(=O)Nc2cccc(OC)c2)cc1)C(=O)O. The van der Waals surface area contributed by atoms with Crippen LogP contribution >= 0.6 is 0 Å². The van der Waals surface area contributed by atoms with Crippen LogP contribution in [0.2, 0.25) is 0 Å². The molecule has 0 saturated carbocycles. The third-order valence-corrected chi connectivity index (χ3v) is 5.86. The highest BCUT2D eigenvalue weighted by atomic mass is 16.5. The van der Waals surface area contributed by atoms with E-state index in [2.05, 4.69) is 19.2 Å². The summed E-state index contributed by atoms with van der Waals surface area (Å²) in [5.74, 6) is 0.764. The number of carboxylic acids is 1. The Morgan fingerprint density at radius 1 is 1.03 bits per heavy atom. The van der Waals surface area contributed by atoms with E-state index in [0.29, 0.717) is 49.4 Å². The van der Waals surface area contributed by atoms with Crippen molar-refractivity contribution in [2.24, 2.45) is 5.92 Å². The first-order valence-corrected chi connectivity index (χ1v) is 12.2. The van der Waals surface area contributed by atoms with Gasteiger partial charge in [0.1, 0.15) is 18.1 Å². The van der Waals surface area contributed by atoms with Crippen molar-refractivity contribution in [2.45, 2.75) is 46.1 Å². The molecule has 0 spiro atoms. The molecule has 2 N–H and O–H groups in total. The molecule has 8 heteroatoms. The van der Waals surface area contributed by atoms with Crippen LogP contribution in [0.25, 0.3) is 0 Å². The molecular weight excluding hydrogens is 448 g/mol. The van der Waals surface area contributed by atoms with Gasteiger partial charge in [-0.25, -0.2) is 9.59 Å². The van der Waals surface area contributed by atoms with E-state index in [1.165, 1.54) is 0 Å². The van der Waals surface area contributed by atoms with E-state index in [1.54, 1.807) is 25.0 Å². The molecule has 0 aliphatic carbocycles. The van der Waals surface area contributed by atoms with Crippen molar-refractivity contribution in [3.8, 4) is 11.5 Å². The fourth-order valence-electron chi connectivity index (χ4n) is 3.67. The Kier molecular flexibility index (Phi) is 11.9. The van der Waals surface area contributed by atoms with E-state index >= 15 is 0 Å². The Labute approximate surface area is 208 Å². The lowest BCUT2D eigenvalue weighted by Crippen LogP contribution is -2.40. The van der Waals surface area contributed by atoms with Gasteiger partial charge in [0.2, 0.25) is 0 Å². The van der Waals surface area contributed by atoms with Crippen LogP contribution in [0.4, 0.5) is 10.5 Å². The average molecular weight is 487 g/mol. The predicted molar refractivity (Wildman–Crippen MR) is 136 cm³/mol. The third-order valence-electron chi connectivity index (χ3n) is 5.86. The molecule has 2 amide bonds. The number of carbonyl (C=O) groups is 2. The van der Waals surface area contributed by atoms with Crippen molar-refractivity contribution in [1.82, 2.24) is 4.90 Å². The van der Waals surface area contributed by atoms with Crippen molar-refractivity contribution in [3.63, 3.8) is 0 Å². The topological polar surface area (TPSA) is 97.3 Å². The fraction of sp³-hybridized carbons (Fsp3) is 0.481. The molecule has 2 rings (SSSR count). The molecule has 1 atom stereocenters. The molecule has 0 aromatic heterocycles. The lowest BCUT2D eigenvalue weighted by atomic mass is 10.0. The van der Waals surface area contributed by atoms with Gasteiger partial charge in [0.15, 0.2) is 6.10 Å². The smallest absolute Gasteiger partial charge is 0.333 e. The zero-order valence-electron chi connectivity index (χ0n) is 21.2. The van der Waals surface area contributed by atoms with Crippen LogP contribution in [-0.2, 0) is 16.0 Å². The number of ether oxygens (including phenoxy) is 3. The number of methoxy groups -OCH3 is 1. The molecule has 192 valence electrons. The number of nitrogens with zero attached hydrogens (tertiary/aromatic N) is 1. The van der Waals surface area contributed by atoms with Crippen molar-refractivity contribution in [2.75, 3.05) is 38.7 Å². The summed E-state index contributed by atoms with van der Waals surface area (Å²) in [4.78, 5) is 26.1. The van der Waals surface area contributed by atoms with Gasteiger partial charge in [-0.3, -0.25) is 0 Å². The Morgan fingerprint density at radius 3 is 2.34 bits per heavy atom.